The zero-order valence-corrected chi connectivity index (χ0v) is 22.4. The van der Waals surface area contributed by atoms with Crippen molar-refractivity contribution in [2.45, 2.75) is 39.8 Å². The van der Waals surface area contributed by atoms with Crippen LogP contribution in [0.25, 0.3) is 11.3 Å². The number of nitrogens with one attached hydrogen (secondary N) is 1. The van der Waals surface area contributed by atoms with Gasteiger partial charge in [-0.3, -0.25) is 4.79 Å². The van der Waals surface area contributed by atoms with Crippen molar-refractivity contribution in [2.75, 3.05) is 37.7 Å². The lowest BCUT2D eigenvalue weighted by molar-refractivity contribution is -0.136. The number of halogens is 2. The van der Waals surface area contributed by atoms with Gasteiger partial charge >= 0.3 is 6.03 Å². The van der Waals surface area contributed by atoms with Crippen molar-refractivity contribution in [3.05, 3.63) is 52.7 Å². The molecule has 0 unspecified atom stereocenters. The average Bonchev–Trinajstić information content (AvgIpc) is 3.57. The molecule has 2 aromatic heterocycles. The summed E-state index contributed by atoms with van der Waals surface area (Å²) in [6.45, 7) is 8.67. The number of nitrogens with zero attached hydrogens (tertiary/aromatic N) is 5. The fourth-order valence-corrected chi connectivity index (χ4v) is 5.48. The zero-order chi connectivity index (χ0) is 27.0. The summed E-state index contributed by atoms with van der Waals surface area (Å²) in [5.74, 6) is -2.12. The second-order valence-corrected chi connectivity index (χ2v) is 11.4. The molecular weight excluding hydrogens is 514 g/mol. The molecular formula is C26H30F2N6O3S. The van der Waals surface area contributed by atoms with Crippen LogP contribution in [0.15, 0.2) is 29.8 Å². The highest BCUT2D eigenvalue weighted by Crippen LogP contribution is 2.30. The van der Waals surface area contributed by atoms with E-state index in [1.807, 2.05) is 26.2 Å². The molecule has 12 heteroatoms. The molecule has 3 aromatic rings. The molecule has 0 saturated carbocycles. The maximum atomic E-state index is 14.0. The van der Waals surface area contributed by atoms with Crippen LogP contribution in [0.5, 0.6) is 0 Å². The minimum absolute atomic E-state index is 0.158. The molecule has 2 amide bonds. The van der Waals surface area contributed by atoms with E-state index in [1.165, 1.54) is 10.7 Å². The smallest absolute Gasteiger partial charge is 0.343 e. The van der Waals surface area contributed by atoms with Crippen LogP contribution in [0.4, 0.5) is 18.7 Å². The molecule has 4 heterocycles. The van der Waals surface area contributed by atoms with Gasteiger partial charge in [-0.2, -0.15) is 9.78 Å². The molecule has 0 aliphatic carbocycles. The van der Waals surface area contributed by atoms with Crippen molar-refractivity contribution in [1.82, 2.24) is 25.0 Å². The van der Waals surface area contributed by atoms with E-state index in [0.717, 1.165) is 17.3 Å². The Hall–Kier alpha value is -3.38. The number of hydrogen-bond donors (Lipinski definition) is 1. The van der Waals surface area contributed by atoms with Gasteiger partial charge in [-0.15, -0.1) is 11.3 Å². The van der Waals surface area contributed by atoms with Gasteiger partial charge in [0.25, 0.3) is 0 Å². The number of thiazole rings is 1. The number of carbonyl (C=O) groups is 2. The van der Waals surface area contributed by atoms with Crippen LogP contribution < -0.4 is 10.2 Å². The molecule has 1 atom stereocenters. The van der Waals surface area contributed by atoms with E-state index in [1.54, 1.807) is 22.4 Å². The van der Waals surface area contributed by atoms with Crippen molar-refractivity contribution >= 4 is 28.4 Å². The minimum Gasteiger partial charge on any atom is -0.376 e. The minimum atomic E-state index is -1.000. The monoisotopic (exact) mass is 544 g/mol. The number of aromatic nitrogens is 3. The van der Waals surface area contributed by atoms with E-state index in [2.05, 4.69) is 20.3 Å². The van der Waals surface area contributed by atoms with Gasteiger partial charge in [-0.25, -0.2) is 18.6 Å². The highest BCUT2D eigenvalue weighted by atomic mass is 32.1. The fourth-order valence-electron chi connectivity index (χ4n) is 4.79. The van der Waals surface area contributed by atoms with E-state index in [-0.39, 0.29) is 12.5 Å². The van der Waals surface area contributed by atoms with Gasteiger partial charge in [0.15, 0.2) is 16.8 Å². The zero-order valence-electron chi connectivity index (χ0n) is 21.5. The molecule has 1 fully saturated rings. The predicted octanol–water partition coefficient (Wildman–Crippen LogP) is 3.68. The first-order valence-corrected chi connectivity index (χ1v) is 13.4. The predicted molar refractivity (Wildman–Crippen MR) is 139 cm³/mol. The van der Waals surface area contributed by atoms with Crippen molar-refractivity contribution in [1.29, 1.82) is 0 Å². The van der Waals surface area contributed by atoms with Gasteiger partial charge in [-0.1, -0.05) is 20.8 Å². The first-order valence-electron chi connectivity index (χ1n) is 12.5. The number of ether oxygens (including phenoxy) is 1. The summed E-state index contributed by atoms with van der Waals surface area (Å²) >= 11 is 1.56. The first-order chi connectivity index (χ1) is 18.1. The molecule has 38 heavy (non-hydrogen) atoms. The normalized spacial score (nSPS) is 16.8. The van der Waals surface area contributed by atoms with Gasteiger partial charge in [0.05, 0.1) is 24.6 Å². The summed E-state index contributed by atoms with van der Waals surface area (Å²) in [5, 5.41) is 10.3. The Kier molecular flexibility index (Phi) is 7.19. The third-order valence-electron chi connectivity index (χ3n) is 6.87. The quantitative estimate of drug-likeness (QED) is 0.539. The van der Waals surface area contributed by atoms with Gasteiger partial charge in [0.1, 0.15) is 6.04 Å². The number of anilines is 1. The summed E-state index contributed by atoms with van der Waals surface area (Å²) in [4.78, 5) is 35.5. The van der Waals surface area contributed by atoms with Crippen molar-refractivity contribution in [3.8, 4) is 11.3 Å². The Morgan fingerprint density at radius 3 is 2.55 bits per heavy atom. The summed E-state index contributed by atoms with van der Waals surface area (Å²) in [6, 6.07) is 2.16. The van der Waals surface area contributed by atoms with Crippen LogP contribution in [0, 0.1) is 17.0 Å². The van der Waals surface area contributed by atoms with Crippen molar-refractivity contribution in [3.63, 3.8) is 0 Å². The van der Waals surface area contributed by atoms with Crippen molar-refractivity contribution < 1.29 is 23.1 Å². The molecule has 0 spiro atoms. The second-order valence-electron chi connectivity index (χ2n) is 10.5. The van der Waals surface area contributed by atoms with Gasteiger partial charge in [0, 0.05) is 55.3 Å². The number of benzene rings is 1. The van der Waals surface area contributed by atoms with Gasteiger partial charge < -0.3 is 19.9 Å². The van der Waals surface area contributed by atoms with Crippen LogP contribution in [0.1, 0.15) is 32.0 Å². The molecule has 2 aliphatic rings. The summed E-state index contributed by atoms with van der Waals surface area (Å²) in [7, 11) is 0. The lowest BCUT2D eigenvalue weighted by Gasteiger charge is -2.39. The Morgan fingerprint density at radius 2 is 1.89 bits per heavy atom. The lowest BCUT2D eigenvalue weighted by atomic mass is 9.85. The third-order valence-corrected chi connectivity index (χ3v) is 7.70. The van der Waals surface area contributed by atoms with E-state index in [9.17, 15) is 18.4 Å². The Balaban J connectivity index is 1.37. The highest BCUT2D eigenvalue weighted by Gasteiger charge is 2.38. The molecule has 202 valence electrons. The van der Waals surface area contributed by atoms with Gasteiger partial charge in [-0.05, 0) is 23.6 Å². The number of fused-ring (bicyclic) bond motifs is 1. The number of carbonyl (C=O) groups excluding carboxylic acids is 2. The van der Waals surface area contributed by atoms with E-state index < -0.39 is 29.1 Å². The molecule has 1 saturated heterocycles. The van der Waals surface area contributed by atoms with Crippen LogP contribution in [0.2, 0.25) is 0 Å². The summed E-state index contributed by atoms with van der Waals surface area (Å²) in [5.41, 5.74) is 1.41. The molecule has 0 radical (unpaired) electrons. The number of piperazine rings is 1. The Labute approximate surface area is 223 Å². The summed E-state index contributed by atoms with van der Waals surface area (Å²) < 4.78 is 34.3. The number of amides is 2. The Bertz CT molecular complexity index is 1330. The largest absolute Gasteiger partial charge is 0.376 e. The van der Waals surface area contributed by atoms with Crippen LogP contribution >= 0.6 is 11.3 Å². The maximum Gasteiger partial charge on any atom is 0.343 e. The van der Waals surface area contributed by atoms with Crippen LogP contribution in [-0.2, 0) is 22.6 Å². The maximum absolute atomic E-state index is 14.0. The van der Waals surface area contributed by atoms with E-state index in [0.29, 0.717) is 61.7 Å². The van der Waals surface area contributed by atoms with E-state index >= 15 is 0 Å². The fraction of sp³-hybridized carbons (Fsp3) is 0.462. The molecule has 1 N–H and O–H groups in total. The molecule has 5 rings (SSSR count). The van der Waals surface area contributed by atoms with E-state index in [4.69, 9.17) is 4.74 Å². The molecule has 9 nitrogen and oxygen atoms in total. The molecule has 1 aromatic carbocycles. The highest BCUT2D eigenvalue weighted by molar-refractivity contribution is 7.13. The third kappa shape index (κ3) is 5.14. The van der Waals surface area contributed by atoms with Gasteiger partial charge in [0.2, 0.25) is 5.91 Å². The standard InChI is InChI=1S/C26H30F2N6O3S/c1-26(2,3)22(23(35)32-8-10-33(11-9-32)25-29-7-13-38-25)30-24(36)34-20-6-12-37-15-17(20)21(31-34)16-4-5-18(27)19(28)14-16/h4-5,7,13-14,22H,6,8-12,15H2,1-3H3,(H,30,36)/t22-/m1/s1. The topological polar surface area (TPSA) is 92.6 Å². The number of rotatable bonds is 4. The van der Waals surface area contributed by atoms with Crippen LogP contribution in [-0.4, -0.2) is 70.4 Å². The Morgan fingerprint density at radius 1 is 1.13 bits per heavy atom. The SMILES string of the molecule is CC(C)(C)[C@H](NC(=O)n1nc(-c2ccc(F)c(F)c2)c2c1CCOC2)C(=O)N1CCN(c2nccs2)CC1. The first kappa shape index (κ1) is 26.2. The summed E-state index contributed by atoms with van der Waals surface area (Å²) in [6.07, 6.45) is 2.19. The average molecular weight is 545 g/mol. The molecule has 2 aliphatic heterocycles. The van der Waals surface area contributed by atoms with Crippen LogP contribution in [0.3, 0.4) is 0 Å². The van der Waals surface area contributed by atoms with Crippen molar-refractivity contribution in [2.24, 2.45) is 5.41 Å². The second kappa shape index (κ2) is 10.4. The lowest BCUT2D eigenvalue weighted by Crippen LogP contribution is -2.59. The molecule has 0 bridgehead atoms. The number of hydrogen-bond acceptors (Lipinski definition) is 7.